The third-order valence-electron chi connectivity index (χ3n) is 4.71. The zero-order valence-corrected chi connectivity index (χ0v) is 18.8. The van der Waals surface area contributed by atoms with Crippen LogP contribution in [0.25, 0.3) is 0 Å². The number of anilines is 1. The second kappa shape index (κ2) is 11.4. The summed E-state index contributed by atoms with van der Waals surface area (Å²) in [6.45, 7) is 3.94. The van der Waals surface area contributed by atoms with E-state index in [0.29, 0.717) is 19.7 Å². The first kappa shape index (κ1) is 21.9. The van der Waals surface area contributed by atoms with Crippen molar-refractivity contribution in [3.63, 3.8) is 0 Å². The number of carbonyl (C=O) groups excluding carboxylic acids is 1. The van der Waals surface area contributed by atoms with Gasteiger partial charge < -0.3 is 15.0 Å². The molecule has 0 heterocycles. The number of halogens is 1. The number of hydrogen-bond donors (Lipinski definition) is 1. The molecule has 30 heavy (non-hydrogen) atoms. The molecule has 0 radical (unpaired) electrons. The van der Waals surface area contributed by atoms with E-state index in [4.69, 9.17) is 4.74 Å². The predicted molar refractivity (Wildman–Crippen MR) is 126 cm³/mol. The quantitative estimate of drug-likeness (QED) is 0.374. The van der Waals surface area contributed by atoms with Crippen molar-refractivity contribution in [2.45, 2.75) is 32.9 Å². The van der Waals surface area contributed by atoms with Crippen LogP contribution in [0.2, 0.25) is 0 Å². The Hall–Kier alpha value is -2.79. The van der Waals surface area contributed by atoms with Crippen LogP contribution in [0.1, 0.15) is 30.9 Å². The molecule has 3 aromatic carbocycles. The maximum atomic E-state index is 12.8. The zero-order chi connectivity index (χ0) is 21.2. The number of urea groups is 1. The van der Waals surface area contributed by atoms with Crippen molar-refractivity contribution in [2.24, 2.45) is 0 Å². The van der Waals surface area contributed by atoms with Crippen LogP contribution in [-0.4, -0.2) is 17.5 Å². The van der Waals surface area contributed by atoms with Crippen LogP contribution >= 0.6 is 15.9 Å². The molecule has 0 spiro atoms. The Morgan fingerprint density at radius 3 is 2.30 bits per heavy atom. The van der Waals surface area contributed by atoms with Gasteiger partial charge in [-0.3, -0.25) is 0 Å². The highest BCUT2D eigenvalue weighted by molar-refractivity contribution is 9.10. The minimum atomic E-state index is -0.0878. The van der Waals surface area contributed by atoms with E-state index in [9.17, 15) is 4.79 Å². The van der Waals surface area contributed by atoms with E-state index in [1.807, 2.05) is 83.8 Å². The fourth-order valence-electron chi connectivity index (χ4n) is 2.99. The molecule has 0 saturated heterocycles. The van der Waals surface area contributed by atoms with Gasteiger partial charge in [-0.2, -0.15) is 0 Å². The topological polar surface area (TPSA) is 41.6 Å². The number of nitrogens with zero attached hydrogens (tertiary/aromatic N) is 1. The number of hydrogen-bond acceptors (Lipinski definition) is 2. The lowest BCUT2D eigenvalue weighted by Gasteiger charge is -2.23. The highest BCUT2D eigenvalue weighted by atomic mass is 79.9. The number of unbranched alkanes of at least 4 members (excludes halogenated alkanes) is 1. The Balaban J connectivity index is 1.59. The first-order valence-electron chi connectivity index (χ1n) is 10.2. The Kier molecular flexibility index (Phi) is 8.33. The van der Waals surface area contributed by atoms with Crippen LogP contribution in [0.3, 0.4) is 0 Å². The summed E-state index contributed by atoms with van der Waals surface area (Å²) in [7, 11) is 0. The second-order valence-corrected chi connectivity index (χ2v) is 8.05. The number of benzene rings is 3. The zero-order valence-electron chi connectivity index (χ0n) is 17.2. The molecule has 5 heteroatoms. The summed E-state index contributed by atoms with van der Waals surface area (Å²) >= 11 is 3.42. The molecule has 0 unspecified atom stereocenters. The van der Waals surface area contributed by atoms with Crippen molar-refractivity contribution in [3.8, 4) is 5.75 Å². The Morgan fingerprint density at radius 1 is 0.933 bits per heavy atom. The number of amides is 2. The molecule has 0 aliphatic heterocycles. The monoisotopic (exact) mass is 466 g/mol. The fraction of sp³-hybridized carbons (Fsp3) is 0.240. The summed E-state index contributed by atoms with van der Waals surface area (Å²) in [6.07, 6.45) is 2.00. The van der Waals surface area contributed by atoms with Gasteiger partial charge in [-0.15, -0.1) is 0 Å². The largest absolute Gasteiger partial charge is 0.489 e. The van der Waals surface area contributed by atoms with Crippen molar-refractivity contribution in [2.75, 3.05) is 11.9 Å². The smallest absolute Gasteiger partial charge is 0.322 e. The third kappa shape index (κ3) is 6.92. The van der Waals surface area contributed by atoms with E-state index in [0.717, 1.165) is 39.9 Å². The summed E-state index contributed by atoms with van der Waals surface area (Å²) in [4.78, 5) is 14.7. The van der Waals surface area contributed by atoms with Crippen LogP contribution in [0.15, 0.2) is 83.3 Å². The van der Waals surface area contributed by atoms with Crippen LogP contribution in [0.4, 0.5) is 10.5 Å². The summed E-state index contributed by atoms with van der Waals surface area (Å²) in [5.41, 5.74) is 3.00. The highest BCUT2D eigenvalue weighted by Crippen LogP contribution is 2.18. The van der Waals surface area contributed by atoms with Gasteiger partial charge in [0.25, 0.3) is 0 Å². The predicted octanol–water partition coefficient (Wildman–Crippen LogP) is 6.86. The molecule has 0 fully saturated rings. The highest BCUT2D eigenvalue weighted by Gasteiger charge is 2.14. The molecule has 2 amide bonds. The molecule has 0 aromatic heterocycles. The minimum absolute atomic E-state index is 0.0878. The van der Waals surface area contributed by atoms with Crippen LogP contribution in [0, 0.1) is 0 Å². The number of ether oxygens (including phenoxy) is 1. The average Bonchev–Trinajstić information content (AvgIpc) is 2.78. The fourth-order valence-corrected chi connectivity index (χ4v) is 3.25. The van der Waals surface area contributed by atoms with E-state index in [1.54, 1.807) is 0 Å². The maximum Gasteiger partial charge on any atom is 0.322 e. The summed E-state index contributed by atoms with van der Waals surface area (Å²) in [5.74, 6) is 0.821. The third-order valence-corrected chi connectivity index (χ3v) is 5.24. The Bertz CT molecular complexity index is 912. The Labute approximate surface area is 187 Å². The molecule has 0 bridgehead atoms. The van der Waals surface area contributed by atoms with Gasteiger partial charge in [-0.25, -0.2) is 4.79 Å². The van der Waals surface area contributed by atoms with Crippen molar-refractivity contribution in [1.82, 2.24) is 4.90 Å². The van der Waals surface area contributed by atoms with Gasteiger partial charge in [-0.05, 0) is 53.9 Å². The van der Waals surface area contributed by atoms with E-state index < -0.39 is 0 Å². The van der Waals surface area contributed by atoms with Gasteiger partial charge in [-0.1, -0.05) is 71.7 Å². The number of nitrogens with one attached hydrogen (secondary N) is 1. The van der Waals surface area contributed by atoms with Gasteiger partial charge in [0, 0.05) is 23.2 Å². The van der Waals surface area contributed by atoms with Crippen molar-refractivity contribution in [1.29, 1.82) is 0 Å². The molecular formula is C25H27BrN2O2. The van der Waals surface area contributed by atoms with Crippen molar-refractivity contribution in [3.05, 3.63) is 94.5 Å². The van der Waals surface area contributed by atoms with Crippen LogP contribution in [0.5, 0.6) is 5.75 Å². The number of carbonyl (C=O) groups is 1. The molecule has 156 valence electrons. The van der Waals surface area contributed by atoms with Gasteiger partial charge in [0.1, 0.15) is 12.4 Å². The standard InChI is InChI=1S/C25H27BrN2O2/c1-2-3-17-28(25(29)27-23-13-11-22(26)12-14-23)18-20-9-15-24(16-10-20)30-19-21-7-5-4-6-8-21/h4-16H,2-3,17-19H2,1H3,(H,27,29). The average molecular weight is 467 g/mol. The molecule has 3 aromatic rings. The normalized spacial score (nSPS) is 10.5. The maximum absolute atomic E-state index is 12.8. The lowest BCUT2D eigenvalue weighted by atomic mass is 10.2. The molecule has 0 aliphatic carbocycles. The molecule has 3 rings (SSSR count). The van der Waals surface area contributed by atoms with Gasteiger partial charge in [0.05, 0.1) is 0 Å². The summed E-state index contributed by atoms with van der Waals surface area (Å²) in [6, 6.07) is 25.6. The molecule has 4 nitrogen and oxygen atoms in total. The second-order valence-electron chi connectivity index (χ2n) is 7.13. The van der Waals surface area contributed by atoms with E-state index >= 15 is 0 Å². The minimum Gasteiger partial charge on any atom is -0.489 e. The van der Waals surface area contributed by atoms with Gasteiger partial charge in [0.15, 0.2) is 0 Å². The lowest BCUT2D eigenvalue weighted by molar-refractivity contribution is 0.208. The van der Waals surface area contributed by atoms with E-state index in [-0.39, 0.29) is 6.03 Å². The summed E-state index contributed by atoms with van der Waals surface area (Å²) < 4.78 is 6.84. The first-order chi connectivity index (χ1) is 14.6. The van der Waals surface area contributed by atoms with Crippen LogP contribution in [-0.2, 0) is 13.2 Å². The molecular weight excluding hydrogens is 440 g/mol. The lowest BCUT2D eigenvalue weighted by Crippen LogP contribution is -2.35. The summed E-state index contributed by atoms with van der Waals surface area (Å²) in [5, 5.41) is 2.99. The van der Waals surface area contributed by atoms with Crippen molar-refractivity contribution < 1.29 is 9.53 Å². The molecule has 0 aliphatic rings. The SMILES string of the molecule is CCCCN(Cc1ccc(OCc2ccccc2)cc1)C(=O)Nc1ccc(Br)cc1. The van der Waals surface area contributed by atoms with Gasteiger partial charge >= 0.3 is 6.03 Å². The molecule has 0 atom stereocenters. The van der Waals surface area contributed by atoms with E-state index in [2.05, 4.69) is 28.2 Å². The Morgan fingerprint density at radius 2 is 1.63 bits per heavy atom. The number of rotatable bonds is 9. The van der Waals surface area contributed by atoms with E-state index in [1.165, 1.54) is 0 Å². The first-order valence-corrected chi connectivity index (χ1v) is 11.0. The van der Waals surface area contributed by atoms with Gasteiger partial charge in [0.2, 0.25) is 0 Å². The molecule has 0 saturated carbocycles. The molecule has 1 N–H and O–H groups in total. The van der Waals surface area contributed by atoms with Crippen LogP contribution < -0.4 is 10.1 Å². The van der Waals surface area contributed by atoms with Crippen molar-refractivity contribution >= 4 is 27.6 Å².